The Labute approximate surface area is 162 Å². The van der Waals surface area contributed by atoms with Gasteiger partial charge in [0.25, 0.3) is 0 Å². The molecule has 0 N–H and O–H groups in total. The number of aromatic nitrogens is 1. The van der Waals surface area contributed by atoms with Crippen LogP contribution in [0.15, 0.2) is 53.1 Å². The average Bonchev–Trinajstić information content (AvgIpc) is 3.21. The normalized spacial score (nSPS) is 10.4. The second-order valence-corrected chi connectivity index (χ2v) is 5.94. The van der Waals surface area contributed by atoms with Gasteiger partial charge in [0.15, 0.2) is 17.3 Å². The van der Waals surface area contributed by atoms with E-state index in [-0.39, 0.29) is 19.0 Å². The van der Waals surface area contributed by atoms with Crippen molar-refractivity contribution in [3.8, 4) is 28.6 Å². The molecule has 0 aliphatic rings. The van der Waals surface area contributed by atoms with E-state index < -0.39 is 0 Å². The maximum absolute atomic E-state index is 12.1. The third-order valence-electron chi connectivity index (χ3n) is 4.11. The molecule has 0 bridgehead atoms. The quantitative estimate of drug-likeness (QED) is 0.549. The highest BCUT2D eigenvalue weighted by Crippen LogP contribution is 2.28. The molecule has 0 atom stereocenters. The van der Waals surface area contributed by atoms with Crippen molar-refractivity contribution in [3.63, 3.8) is 0 Å². The molecule has 0 amide bonds. The van der Waals surface area contributed by atoms with Crippen molar-refractivity contribution >= 4 is 5.97 Å². The Kier molecular flexibility index (Phi) is 6.16. The zero-order chi connectivity index (χ0) is 19.9. The molecule has 7 nitrogen and oxygen atoms in total. The second-order valence-electron chi connectivity index (χ2n) is 5.94. The molecule has 28 heavy (non-hydrogen) atoms. The van der Waals surface area contributed by atoms with E-state index in [4.69, 9.17) is 23.5 Å². The van der Waals surface area contributed by atoms with Gasteiger partial charge in [0, 0.05) is 11.6 Å². The van der Waals surface area contributed by atoms with Gasteiger partial charge < -0.3 is 23.5 Å². The summed E-state index contributed by atoms with van der Waals surface area (Å²) >= 11 is 0. The summed E-state index contributed by atoms with van der Waals surface area (Å²) in [5.74, 6) is 2.14. The summed E-state index contributed by atoms with van der Waals surface area (Å²) in [7, 11) is 4.72. The van der Waals surface area contributed by atoms with E-state index >= 15 is 0 Å². The van der Waals surface area contributed by atoms with Crippen molar-refractivity contribution in [2.75, 3.05) is 21.3 Å². The molecular formula is C21H21NO6. The Morgan fingerprint density at radius 2 is 1.68 bits per heavy atom. The molecule has 0 fully saturated rings. The van der Waals surface area contributed by atoms with Gasteiger partial charge in [0.2, 0.25) is 0 Å². The fraction of sp³-hybridized carbons (Fsp3) is 0.238. The summed E-state index contributed by atoms with van der Waals surface area (Å²) in [6.45, 7) is 0.0335. The molecular weight excluding hydrogens is 362 g/mol. The minimum absolute atomic E-state index is 0.0335. The zero-order valence-corrected chi connectivity index (χ0v) is 15.9. The lowest BCUT2D eigenvalue weighted by atomic mass is 10.1. The summed E-state index contributed by atoms with van der Waals surface area (Å²) in [5, 5.41) is 3.94. The fourth-order valence-electron chi connectivity index (χ4n) is 2.63. The van der Waals surface area contributed by atoms with Gasteiger partial charge in [-0.3, -0.25) is 4.79 Å². The second kappa shape index (κ2) is 8.94. The third kappa shape index (κ3) is 4.62. The molecule has 3 aromatic rings. The van der Waals surface area contributed by atoms with Gasteiger partial charge >= 0.3 is 5.97 Å². The summed E-state index contributed by atoms with van der Waals surface area (Å²) in [6, 6.07) is 14.4. The zero-order valence-electron chi connectivity index (χ0n) is 15.9. The first kappa shape index (κ1) is 19.3. The van der Waals surface area contributed by atoms with Gasteiger partial charge in [0.1, 0.15) is 18.1 Å². The van der Waals surface area contributed by atoms with Crippen molar-refractivity contribution in [2.45, 2.75) is 13.0 Å². The SMILES string of the molecule is COc1ccc(-c2cc(COC(=O)Cc3ccc(OC)c(OC)c3)no2)cc1. The first-order valence-electron chi connectivity index (χ1n) is 8.59. The van der Waals surface area contributed by atoms with Crippen LogP contribution in [0.25, 0.3) is 11.3 Å². The molecule has 0 aliphatic heterocycles. The van der Waals surface area contributed by atoms with Crippen molar-refractivity contribution in [3.05, 3.63) is 59.8 Å². The van der Waals surface area contributed by atoms with Crippen molar-refractivity contribution in [1.29, 1.82) is 0 Å². The Morgan fingerprint density at radius 1 is 0.929 bits per heavy atom. The monoisotopic (exact) mass is 383 g/mol. The third-order valence-corrected chi connectivity index (χ3v) is 4.11. The lowest BCUT2D eigenvalue weighted by Crippen LogP contribution is -2.08. The van der Waals surface area contributed by atoms with E-state index in [1.165, 1.54) is 0 Å². The molecule has 0 radical (unpaired) electrons. The van der Waals surface area contributed by atoms with Crippen LogP contribution in [0.1, 0.15) is 11.3 Å². The van der Waals surface area contributed by atoms with Crippen LogP contribution < -0.4 is 14.2 Å². The van der Waals surface area contributed by atoms with Crippen LogP contribution in [-0.4, -0.2) is 32.5 Å². The molecule has 0 spiro atoms. The van der Waals surface area contributed by atoms with Gasteiger partial charge in [-0.2, -0.15) is 0 Å². The fourth-order valence-corrected chi connectivity index (χ4v) is 2.63. The van der Waals surface area contributed by atoms with E-state index in [2.05, 4.69) is 5.16 Å². The lowest BCUT2D eigenvalue weighted by Gasteiger charge is -2.09. The highest BCUT2D eigenvalue weighted by molar-refractivity contribution is 5.73. The Bertz CT molecular complexity index is 932. The van der Waals surface area contributed by atoms with Crippen molar-refractivity contribution < 1.29 is 28.3 Å². The predicted molar refractivity (Wildman–Crippen MR) is 102 cm³/mol. The van der Waals surface area contributed by atoms with Gasteiger partial charge in [-0.1, -0.05) is 11.2 Å². The Balaban J connectivity index is 1.57. The number of hydrogen-bond acceptors (Lipinski definition) is 7. The van der Waals surface area contributed by atoms with Crippen molar-refractivity contribution in [1.82, 2.24) is 5.16 Å². The number of hydrogen-bond donors (Lipinski definition) is 0. The highest BCUT2D eigenvalue weighted by atomic mass is 16.5. The lowest BCUT2D eigenvalue weighted by molar-refractivity contribution is -0.144. The van der Waals surface area contributed by atoms with Crippen LogP contribution >= 0.6 is 0 Å². The molecule has 0 saturated carbocycles. The molecule has 0 unspecified atom stereocenters. The standard InChI is InChI=1S/C21H21NO6/c1-24-17-7-5-15(6-8-17)19-12-16(22-28-19)13-27-21(23)11-14-4-9-18(25-2)20(10-14)26-3/h4-10,12H,11,13H2,1-3H3. The van der Waals surface area contributed by atoms with Crippen LogP contribution in [0.5, 0.6) is 17.2 Å². The van der Waals surface area contributed by atoms with Crippen LogP contribution in [-0.2, 0) is 22.6 Å². The van der Waals surface area contributed by atoms with Gasteiger partial charge in [0.05, 0.1) is 27.8 Å². The predicted octanol–water partition coefficient (Wildman–Crippen LogP) is 3.65. The molecule has 0 aliphatic carbocycles. The number of ether oxygens (including phenoxy) is 4. The minimum atomic E-state index is -0.374. The van der Waals surface area contributed by atoms with Gasteiger partial charge in [-0.25, -0.2) is 0 Å². The Hall–Kier alpha value is -3.48. The number of methoxy groups -OCH3 is 3. The smallest absolute Gasteiger partial charge is 0.310 e. The van der Waals surface area contributed by atoms with Crippen molar-refractivity contribution in [2.24, 2.45) is 0 Å². The van der Waals surface area contributed by atoms with Crippen LogP contribution in [0.2, 0.25) is 0 Å². The number of carbonyl (C=O) groups is 1. The first-order valence-corrected chi connectivity index (χ1v) is 8.59. The molecule has 0 saturated heterocycles. The molecule has 2 aromatic carbocycles. The maximum atomic E-state index is 12.1. The van der Waals surface area contributed by atoms with Gasteiger partial charge in [-0.15, -0.1) is 0 Å². The molecule has 3 rings (SSSR count). The summed E-state index contributed by atoms with van der Waals surface area (Å²) in [5.41, 5.74) is 2.16. The van der Waals surface area contributed by atoms with E-state index in [9.17, 15) is 4.79 Å². The van der Waals surface area contributed by atoms with E-state index in [0.29, 0.717) is 23.0 Å². The summed E-state index contributed by atoms with van der Waals surface area (Å²) in [6.07, 6.45) is 0.115. The average molecular weight is 383 g/mol. The van der Waals surface area contributed by atoms with Crippen LogP contribution in [0.4, 0.5) is 0 Å². The van der Waals surface area contributed by atoms with E-state index in [1.807, 2.05) is 24.3 Å². The highest BCUT2D eigenvalue weighted by Gasteiger charge is 2.12. The number of esters is 1. The summed E-state index contributed by atoms with van der Waals surface area (Å²) < 4.78 is 26.2. The minimum Gasteiger partial charge on any atom is -0.497 e. The number of nitrogens with zero attached hydrogens (tertiary/aromatic N) is 1. The van der Waals surface area contributed by atoms with E-state index in [1.54, 1.807) is 45.6 Å². The number of rotatable bonds is 8. The first-order chi connectivity index (χ1) is 13.6. The maximum Gasteiger partial charge on any atom is 0.310 e. The number of benzene rings is 2. The van der Waals surface area contributed by atoms with Crippen LogP contribution in [0.3, 0.4) is 0 Å². The Morgan fingerprint density at radius 3 is 2.36 bits per heavy atom. The van der Waals surface area contributed by atoms with Gasteiger partial charge in [-0.05, 0) is 42.0 Å². The molecule has 1 aromatic heterocycles. The number of carbonyl (C=O) groups excluding carboxylic acids is 1. The largest absolute Gasteiger partial charge is 0.497 e. The van der Waals surface area contributed by atoms with Crippen LogP contribution in [0, 0.1) is 0 Å². The topological polar surface area (TPSA) is 80.0 Å². The molecule has 7 heteroatoms. The molecule has 1 heterocycles. The van der Waals surface area contributed by atoms with E-state index in [0.717, 1.165) is 16.9 Å². The molecule has 146 valence electrons. The summed E-state index contributed by atoms with van der Waals surface area (Å²) in [4.78, 5) is 12.1.